The summed E-state index contributed by atoms with van der Waals surface area (Å²) in [6.45, 7) is 2.09. The first-order valence-electron chi connectivity index (χ1n) is 4.06. The lowest BCUT2D eigenvalue weighted by Crippen LogP contribution is -2.06. The van der Waals surface area contributed by atoms with Gasteiger partial charge in [-0.25, -0.2) is 0 Å². The van der Waals surface area contributed by atoms with Crippen molar-refractivity contribution in [3.05, 3.63) is 23.8 Å². The summed E-state index contributed by atoms with van der Waals surface area (Å²) < 4.78 is 4.98. The molecule has 5 nitrogen and oxygen atoms in total. The number of phenolic OH excluding ortho intramolecular Hbond substituents is 2. The zero-order valence-electron chi connectivity index (χ0n) is 7.64. The third-order valence-corrected chi connectivity index (χ3v) is 1.59. The fourth-order valence-corrected chi connectivity index (χ4v) is 0.963. The molecule has 0 aliphatic carbocycles. The molecule has 14 heavy (non-hydrogen) atoms. The number of nitrogens with zero attached hydrogens (tertiary/aromatic N) is 1. The van der Waals surface area contributed by atoms with E-state index in [0.717, 1.165) is 0 Å². The highest BCUT2D eigenvalue weighted by Crippen LogP contribution is 2.25. The first kappa shape index (κ1) is 10.2. The number of hydrogen-bond acceptors (Lipinski definition) is 5. The summed E-state index contributed by atoms with van der Waals surface area (Å²) in [5.41, 5.74) is 0.393. The van der Waals surface area contributed by atoms with Crippen LogP contribution < -0.4 is 0 Å². The fourth-order valence-electron chi connectivity index (χ4n) is 0.963. The minimum Gasteiger partial charge on any atom is -0.504 e. The van der Waals surface area contributed by atoms with Crippen molar-refractivity contribution in [2.75, 3.05) is 6.61 Å². The molecule has 0 unspecified atom stereocenters. The van der Waals surface area contributed by atoms with Crippen LogP contribution >= 0.6 is 0 Å². The molecule has 1 rings (SSSR count). The van der Waals surface area contributed by atoms with Crippen LogP contribution in [-0.2, 0) is 4.74 Å². The number of phenols is 2. The largest absolute Gasteiger partial charge is 0.504 e. The summed E-state index contributed by atoms with van der Waals surface area (Å²) >= 11 is 0. The number of hydrogen-bond donors (Lipinski definition) is 3. The molecule has 0 radical (unpaired) electrons. The van der Waals surface area contributed by atoms with Crippen LogP contribution in [-0.4, -0.2) is 27.9 Å². The van der Waals surface area contributed by atoms with E-state index in [1.165, 1.54) is 18.2 Å². The average Bonchev–Trinajstić information content (AvgIpc) is 2.19. The van der Waals surface area contributed by atoms with Crippen molar-refractivity contribution in [1.82, 2.24) is 0 Å². The topological polar surface area (TPSA) is 82.3 Å². The second-order valence-corrected chi connectivity index (χ2v) is 2.54. The molecule has 3 N–H and O–H groups in total. The standard InChI is InChI=1S/C9H11NO4/c1-2-14-9(10-13)6-3-4-7(11)8(12)5-6/h3-5,11-13H,2H2,1H3/b10-9-. The smallest absolute Gasteiger partial charge is 0.257 e. The van der Waals surface area contributed by atoms with E-state index in [4.69, 9.17) is 15.1 Å². The third kappa shape index (κ3) is 2.07. The second kappa shape index (κ2) is 4.36. The monoisotopic (exact) mass is 197 g/mol. The van der Waals surface area contributed by atoms with Crippen molar-refractivity contribution in [2.45, 2.75) is 6.92 Å². The Morgan fingerprint density at radius 2 is 2.07 bits per heavy atom. The minimum absolute atomic E-state index is 0.00259. The van der Waals surface area contributed by atoms with Crippen LogP contribution in [0, 0.1) is 0 Å². The summed E-state index contributed by atoms with van der Waals surface area (Å²) in [6, 6.07) is 4.01. The number of aromatic hydroxyl groups is 2. The maximum absolute atomic E-state index is 9.17. The van der Waals surface area contributed by atoms with Gasteiger partial charge in [0.15, 0.2) is 11.5 Å². The first-order valence-corrected chi connectivity index (χ1v) is 4.06. The number of rotatable bonds is 2. The molecule has 5 heteroatoms. The van der Waals surface area contributed by atoms with Gasteiger partial charge in [0.2, 0.25) is 0 Å². The van der Waals surface area contributed by atoms with Crippen LogP contribution in [0.25, 0.3) is 0 Å². The molecular formula is C9H11NO4. The van der Waals surface area contributed by atoms with Gasteiger partial charge < -0.3 is 20.2 Å². The molecule has 0 heterocycles. The molecule has 0 aromatic heterocycles. The summed E-state index contributed by atoms with van der Waals surface area (Å²) in [7, 11) is 0. The predicted octanol–water partition coefficient (Wildman–Crippen LogP) is 1.27. The van der Waals surface area contributed by atoms with E-state index in [1.54, 1.807) is 6.92 Å². The molecule has 0 aliphatic rings. The lowest BCUT2D eigenvalue weighted by atomic mass is 10.2. The van der Waals surface area contributed by atoms with Gasteiger partial charge in [0.05, 0.1) is 6.61 Å². The van der Waals surface area contributed by atoms with Gasteiger partial charge in [0.25, 0.3) is 5.90 Å². The Morgan fingerprint density at radius 3 is 2.57 bits per heavy atom. The Bertz CT molecular complexity index is 349. The summed E-state index contributed by atoms with van der Waals surface area (Å²) in [6.07, 6.45) is 0. The maximum Gasteiger partial charge on any atom is 0.257 e. The minimum atomic E-state index is -0.289. The lowest BCUT2D eigenvalue weighted by molar-refractivity contribution is 0.266. The molecular weight excluding hydrogens is 186 g/mol. The summed E-state index contributed by atoms with van der Waals surface area (Å²) in [5.74, 6) is -0.520. The van der Waals surface area contributed by atoms with Gasteiger partial charge in [-0.1, -0.05) is 0 Å². The SMILES string of the molecule is CCO/C(=N\O)c1ccc(O)c(O)c1. The highest BCUT2D eigenvalue weighted by molar-refractivity contribution is 5.94. The first-order chi connectivity index (χ1) is 6.69. The molecule has 0 saturated carbocycles. The molecule has 1 aromatic carbocycles. The molecule has 0 bridgehead atoms. The van der Waals surface area contributed by atoms with Crippen LogP contribution in [0.5, 0.6) is 11.5 Å². The van der Waals surface area contributed by atoms with E-state index in [2.05, 4.69) is 5.16 Å². The molecule has 0 spiro atoms. The molecule has 1 aromatic rings. The molecule has 0 fully saturated rings. The van der Waals surface area contributed by atoms with Crippen molar-refractivity contribution < 1.29 is 20.2 Å². The van der Waals surface area contributed by atoms with Crippen molar-refractivity contribution in [2.24, 2.45) is 5.16 Å². The van der Waals surface area contributed by atoms with Gasteiger partial charge in [-0.05, 0) is 30.3 Å². The lowest BCUT2D eigenvalue weighted by Gasteiger charge is -2.05. The maximum atomic E-state index is 9.17. The number of ether oxygens (including phenoxy) is 1. The Morgan fingerprint density at radius 1 is 1.36 bits per heavy atom. The van der Waals surface area contributed by atoms with Crippen molar-refractivity contribution >= 4 is 5.90 Å². The molecule has 0 saturated heterocycles. The van der Waals surface area contributed by atoms with E-state index in [-0.39, 0.29) is 17.4 Å². The molecule has 0 atom stereocenters. The van der Waals surface area contributed by atoms with Crippen molar-refractivity contribution in [3.8, 4) is 11.5 Å². The number of oxime groups is 1. The van der Waals surface area contributed by atoms with Crippen LogP contribution in [0.2, 0.25) is 0 Å². The van der Waals surface area contributed by atoms with Gasteiger partial charge in [0.1, 0.15) is 0 Å². The Balaban J connectivity index is 3.00. The van der Waals surface area contributed by atoms with Crippen LogP contribution in [0.3, 0.4) is 0 Å². The quantitative estimate of drug-likeness (QED) is 0.219. The van der Waals surface area contributed by atoms with Crippen LogP contribution in [0.4, 0.5) is 0 Å². The van der Waals surface area contributed by atoms with E-state index in [9.17, 15) is 5.11 Å². The Kier molecular flexibility index (Phi) is 3.17. The molecule has 76 valence electrons. The van der Waals surface area contributed by atoms with Crippen molar-refractivity contribution in [3.63, 3.8) is 0 Å². The third-order valence-electron chi connectivity index (χ3n) is 1.59. The van der Waals surface area contributed by atoms with Gasteiger partial charge >= 0.3 is 0 Å². The predicted molar refractivity (Wildman–Crippen MR) is 49.7 cm³/mol. The summed E-state index contributed by atoms with van der Waals surface area (Å²) in [4.78, 5) is 0. The average molecular weight is 197 g/mol. The van der Waals surface area contributed by atoms with Gasteiger partial charge in [-0.3, -0.25) is 0 Å². The number of benzene rings is 1. The van der Waals surface area contributed by atoms with Crippen LogP contribution in [0.1, 0.15) is 12.5 Å². The van der Waals surface area contributed by atoms with Gasteiger partial charge in [-0.2, -0.15) is 0 Å². The normalized spacial score (nSPS) is 11.4. The van der Waals surface area contributed by atoms with E-state index >= 15 is 0 Å². The highest BCUT2D eigenvalue weighted by Gasteiger charge is 2.07. The van der Waals surface area contributed by atoms with Gasteiger partial charge in [0, 0.05) is 5.56 Å². The second-order valence-electron chi connectivity index (χ2n) is 2.54. The Labute approximate surface area is 80.9 Å². The van der Waals surface area contributed by atoms with Crippen molar-refractivity contribution in [1.29, 1.82) is 0 Å². The van der Waals surface area contributed by atoms with E-state index in [0.29, 0.717) is 12.2 Å². The van der Waals surface area contributed by atoms with E-state index < -0.39 is 0 Å². The summed E-state index contributed by atoms with van der Waals surface area (Å²) in [5, 5.41) is 29.7. The molecule has 0 aliphatic heterocycles. The fraction of sp³-hybridized carbons (Fsp3) is 0.222. The Hall–Kier alpha value is -1.91. The highest BCUT2D eigenvalue weighted by atomic mass is 16.5. The zero-order valence-corrected chi connectivity index (χ0v) is 7.64. The van der Waals surface area contributed by atoms with E-state index in [1.807, 2.05) is 0 Å². The zero-order chi connectivity index (χ0) is 10.6. The molecule has 0 amide bonds. The van der Waals surface area contributed by atoms with Gasteiger partial charge in [-0.15, -0.1) is 0 Å². The van der Waals surface area contributed by atoms with Crippen LogP contribution in [0.15, 0.2) is 23.4 Å².